The van der Waals surface area contributed by atoms with Crippen molar-refractivity contribution in [3.63, 3.8) is 0 Å². The van der Waals surface area contributed by atoms with Crippen LogP contribution in [0, 0.1) is 10.1 Å². The summed E-state index contributed by atoms with van der Waals surface area (Å²) in [6.45, 7) is 4.01. The Morgan fingerprint density at radius 1 is 1.27 bits per heavy atom. The van der Waals surface area contributed by atoms with Crippen LogP contribution >= 0.6 is 11.8 Å². The Labute approximate surface area is 153 Å². The minimum absolute atomic E-state index is 0.00300. The predicted octanol–water partition coefficient (Wildman–Crippen LogP) is 3.78. The molecular weight excluding hydrogens is 352 g/mol. The van der Waals surface area contributed by atoms with E-state index < -0.39 is 4.92 Å². The van der Waals surface area contributed by atoms with Gasteiger partial charge in [-0.3, -0.25) is 19.8 Å². The maximum absolute atomic E-state index is 12.7. The van der Waals surface area contributed by atoms with Crippen LogP contribution in [0.1, 0.15) is 5.56 Å². The topological polar surface area (TPSA) is 88.7 Å². The van der Waals surface area contributed by atoms with Gasteiger partial charge >= 0.3 is 0 Å². The normalized spacial score (nSPS) is 17.1. The molecule has 1 aromatic carbocycles. The molecule has 2 heterocycles. The summed E-state index contributed by atoms with van der Waals surface area (Å²) >= 11 is 1.23. The number of rotatable bonds is 5. The van der Waals surface area contributed by atoms with Crippen molar-refractivity contribution in [2.75, 3.05) is 6.54 Å². The lowest BCUT2D eigenvalue weighted by molar-refractivity contribution is -0.384. The minimum atomic E-state index is -0.462. The lowest BCUT2D eigenvalue weighted by atomic mass is 10.2. The smallest absolute Gasteiger partial charge is 0.269 e. The molecule has 1 amide bonds. The van der Waals surface area contributed by atoms with Crippen molar-refractivity contribution >= 4 is 40.4 Å². The van der Waals surface area contributed by atoms with E-state index in [2.05, 4.69) is 16.6 Å². The van der Waals surface area contributed by atoms with Crippen molar-refractivity contribution in [3.05, 3.63) is 81.9 Å². The number of carbonyl (C=O) groups excluding carboxylic acids is 1. The zero-order valence-corrected chi connectivity index (χ0v) is 14.4. The van der Waals surface area contributed by atoms with E-state index in [1.807, 2.05) is 6.07 Å². The number of non-ortho nitro benzene ring substituents is 1. The average Bonchev–Trinajstić information content (AvgIpc) is 2.92. The number of hydrogen-bond acceptors (Lipinski definition) is 6. The van der Waals surface area contributed by atoms with Crippen LogP contribution < -0.4 is 0 Å². The van der Waals surface area contributed by atoms with Gasteiger partial charge < -0.3 is 0 Å². The Balaban J connectivity index is 1.91. The van der Waals surface area contributed by atoms with Crippen LogP contribution in [0.15, 0.2) is 71.2 Å². The number of thioether (sulfide) groups is 1. The summed E-state index contributed by atoms with van der Waals surface area (Å²) in [7, 11) is 0. The lowest BCUT2D eigenvalue weighted by Crippen LogP contribution is -2.29. The molecular formula is C18H14N4O3S. The van der Waals surface area contributed by atoms with Gasteiger partial charge in [0.15, 0.2) is 11.0 Å². The summed E-state index contributed by atoms with van der Waals surface area (Å²) in [5.41, 5.74) is 0.701. The van der Waals surface area contributed by atoms with E-state index in [9.17, 15) is 14.9 Å². The first-order chi connectivity index (χ1) is 12.6. The molecule has 0 saturated carbocycles. The quantitative estimate of drug-likeness (QED) is 0.348. The molecule has 0 bridgehead atoms. The third kappa shape index (κ3) is 3.86. The molecule has 8 heteroatoms. The second-order valence-electron chi connectivity index (χ2n) is 5.25. The second kappa shape index (κ2) is 7.75. The van der Waals surface area contributed by atoms with Gasteiger partial charge in [-0.1, -0.05) is 12.1 Å². The van der Waals surface area contributed by atoms with Crippen LogP contribution in [0.5, 0.6) is 0 Å². The first kappa shape index (κ1) is 17.6. The molecule has 26 heavy (non-hydrogen) atoms. The van der Waals surface area contributed by atoms with E-state index in [4.69, 9.17) is 0 Å². The van der Waals surface area contributed by atoms with E-state index in [-0.39, 0.29) is 11.6 Å². The fourth-order valence-corrected chi connectivity index (χ4v) is 3.24. The van der Waals surface area contributed by atoms with Gasteiger partial charge in [0.25, 0.3) is 11.6 Å². The Kier molecular flexibility index (Phi) is 5.23. The molecule has 2 aromatic rings. The molecule has 1 aromatic heterocycles. The molecule has 0 N–H and O–H groups in total. The molecule has 1 saturated heterocycles. The fraction of sp³-hybridized carbons (Fsp3) is 0.0556. The number of benzene rings is 1. The van der Waals surface area contributed by atoms with Gasteiger partial charge in [-0.05, 0) is 47.7 Å². The van der Waals surface area contributed by atoms with Gasteiger partial charge in [-0.15, -0.1) is 6.58 Å². The summed E-state index contributed by atoms with van der Waals surface area (Å²) in [4.78, 5) is 33.5. The Hall–Kier alpha value is -3.26. The van der Waals surface area contributed by atoms with Crippen molar-refractivity contribution in [2.24, 2.45) is 4.99 Å². The van der Waals surface area contributed by atoms with E-state index in [1.165, 1.54) is 28.8 Å². The van der Waals surface area contributed by atoms with E-state index in [0.717, 1.165) is 0 Å². The van der Waals surface area contributed by atoms with Gasteiger partial charge in [0, 0.05) is 24.9 Å². The average molecular weight is 366 g/mol. The molecule has 3 rings (SSSR count). The van der Waals surface area contributed by atoms with Gasteiger partial charge in [-0.25, -0.2) is 9.98 Å². The minimum Gasteiger partial charge on any atom is -0.282 e. The monoisotopic (exact) mass is 366 g/mol. The second-order valence-corrected chi connectivity index (χ2v) is 6.26. The summed E-state index contributed by atoms with van der Waals surface area (Å²) in [5, 5.41) is 11.3. The Morgan fingerprint density at radius 3 is 2.65 bits per heavy atom. The molecule has 0 aliphatic carbocycles. The molecule has 7 nitrogen and oxygen atoms in total. The van der Waals surface area contributed by atoms with Gasteiger partial charge in [0.05, 0.1) is 9.83 Å². The maximum Gasteiger partial charge on any atom is 0.269 e. The highest BCUT2D eigenvalue weighted by Gasteiger charge is 2.32. The molecule has 0 atom stereocenters. The highest BCUT2D eigenvalue weighted by Crippen LogP contribution is 2.33. The van der Waals surface area contributed by atoms with Gasteiger partial charge in [0.1, 0.15) is 0 Å². The number of amides is 1. The number of aliphatic imine (C=N–C) groups is 1. The van der Waals surface area contributed by atoms with Crippen LogP contribution in [0.3, 0.4) is 0 Å². The fourth-order valence-electron chi connectivity index (χ4n) is 2.24. The summed E-state index contributed by atoms with van der Waals surface area (Å²) in [5.74, 6) is 0.316. The summed E-state index contributed by atoms with van der Waals surface area (Å²) < 4.78 is 0. The summed E-state index contributed by atoms with van der Waals surface area (Å²) in [6, 6.07) is 11.4. The highest BCUT2D eigenvalue weighted by atomic mass is 32.2. The van der Waals surface area contributed by atoms with Crippen LogP contribution in [0.4, 0.5) is 11.5 Å². The summed E-state index contributed by atoms with van der Waals surface area (Å²) in [6.07, 6.45) is 4.95. The van der Waals surface area contributed by atoms with Crippen LogP contribution in [0.25, 0.3) is 6.08 Å². The third-order valence-corrected chi connectivity index (χ3v) is 4.47. The zero-order valence-electron chi connectivity index (χ0n) is 13.6. The number of hydrogen-bond donors (Lipinski definition) is 0. The maximum atomic E-state index is 12.7. The molecule has 0 unspecified atom stereocenters. The first-order valence-corrected chi connectivity index (χ1v) is 8.46. The van der Waals surface area contributed by atoms with Crippen LogP contribution in [-0.2, 0) is 4.79 Å². The van der Waals surface area contributed by atoms with Crippen LogP contribution in [-0.4, -0.2) is 32.4 Å². The van der Waals surface area contributed by atoms with Crippen molar-refractivity contribution in [1.29, 1.82) is 0 Å². The van der Waals surface area contributed by atoms with Crippen LogP contribution in [0.2, 0.25) is 0 Å². The molecule has 1 aliphatic heterocycles. The molecule has 1 aliphatic rings. The standard InChI is InChI=1S/C18H14N4O3S/c1-2-11-21-17(23)15(12-13-6-8-14(9-7-13)22(24)25)26-18(21)20-16-5-3-4-10-19-16/h2-10,12H,1,11H2/b15-12-,20-18+. The number of pyridine rings is 1. The number of aromatic nitrogens is 1. The lowest BCUT2D eigenvalue weighted by Gasteiger charge is -2.12. The number of nitro groups is 1. The molecule has 0 radical (unpaired) electrons. The SMILES string of the molecule is C=CCN1C(=O)/C(=C/c2ccc([N+](=O)[O-])cc2)S/C1=N/c1ccccn1. The molecule has 130 valence electrons. The largest absolute Gasteiger partial charge is 0.282 e. The van der Waals surface area contributed by atoms with Crippen molar-refractivity contribution < 1.29 is 9.72 Å². The van der Waals surface area contributed by atoms with Crippen molar-refractivity contribution in [2.45, 2.75) is 0 Å². The van der Waals surface area contributed by atoms with E-state index in [1.54, 1.807) is 42.6 Å². The predicted molar refractivity (Wildman–Crippen MR) is 102 cm³/mol. The number of amidine groups is 1. The van der Waals surface area contributed by atoms with Gasteiger partial charge in [0.2, 0.25) is 0 Å². The molecule has 1 fully saturated rings. The zero-order chi connectivity index (χ0) is 18.5. The number of nitro benzene ring substituents is 1. The first-order valence-electron chi connectivity index (χ1n) is 7.65. The molecule has 0 spiro atoms. The van der Waals surface area contributed by atoms with E-state index in [0.29, 0.717) is 28.0 Å². The number of nitrogens with zero attached hydrogens (tertiary/aromatic N) is 4. The van der Waals surface area contributed by atoms with E-state index >= 15 is 0 Å². The Morgan fingerprint density at radius 2 is 2.04 bits per heavy atom. The highest BCUT2D eigenvalue weighted by molar-refractivity contribution is 8.18. The number of carbonyl (C=O) groups is 1. The van der Waals surface area contributed by atoms with Crippen molar-refractivity contribution in [3.8, 4) is 0 Å². The third-order valence-electron chi connectivity index (χ3n) is 3.46. The van der Waals surface area contributed by atoms with Gasteiger partial charge in [-0.2, -0.15) is 0 Å². The Bertz CT molecular complexity index is 908. The van der Waals surface area contributed by atoms with Crippen molar-refractivity contribution in [1.82, 2.24) is 9.88 Å².